The fourth-order valence-corrected chi connectivity index (χ4v) is 3.17. The van der Waals surface area contributed by atoms with Gasteiger partial charge in [0.2, 0.25) is 0 Å². The summed E-state index contributed by atoms with van der Waals surface area (Å²) in [6.45, 7) is 2.17. The van der Waals surface area contributed by atoms with Gasteiger partial charge in [0, 0.05) is 18.0 Å². The highest BCUT2D eigenvalue weighted by Gasteiger charge is 2.26. The molecule has 0 amide bonds. The van der Waals surface area contributed by atoms with Crippen LogP contribution in [-0.4, -0.2) is 10.9 Å². The largest absolute Gasteiger partial charge is 0.249 e. The van der Waals surface area contributed by atoms with Crippen LogP contribution in [0.4, 0.5) is 0 Å². The molecule has 1 aliphatic carbocycles. The molecule has 2 aromatic rings. The fraction of sp³-hybridized carbons (Fsp3) is 0.471. The van der Waals surface area contributed by atoms with Crippen molar-refractivity contribution < 1.29 is 0 Å². The molecule has 0 aliphatic heterocycles. The van der Waals surface area contributed by atoms with Gasteiger partial charge in [0.05, 0.1) is 9.88 Å². The van der Waals surface area contributed by atoms with Crippen molar-refractivity contribution in [1.29, 1.82) is 0 Å². The van der Waals surface area contributed by atoms with E-state index in [1.807, 2.05) is 23.6 Å². The lowest BCUT2D eigenvalue weighted by molar-refractivity contribution is 0.776. The molecule has 1 aliphatic rings. The highest BCUT2D eigenvalue weighted by molar-refractivity contribution is 7.15. The highest BCUT2D eigenvalue weighted by Crippen LogP contribution is 2.43. The number of nitrogens with zero attached hydrogens (tertiary/aromatic N) is 1. The summed E-state index contributed by atoms with van der Waals surface area (Å²) < 4.78 is 0. The molecule has 1 fully saturated rings. The van der Waals surface area contributed by atoms with E-state index < -0.39 is 0 Å². The molecule has 1 aromatic carbocycles. The van der Waals surface area contributed by atoms with Crippen LogP contribution >= 0.6 is 22.9 Å². The van der Waals surface area contributed by atoms with E-state index in [9.17, 15) is 0 Å². The average Bonchev–Trinajstić information content (AvgIpc) is 3.24. The van der Waals surface area contributed by atoms with Crippen LogP contribution in [0.15, 0.2) is 36.5 Å². The molecule has 0 N–H and O–H groups in total. The van der Waals surface area contributed by atoms with E-state index in [-0.39, 0.29) is 0 Å². The summed E-state index contributed by atoms with van der Waals surface area (Å²) in [7, 11) is 0. The van der Waals surface area contributed by atoms with Crippen LogP contribution in [-0.2, 0) is 0 Å². The molecule has 0 saturated heterocycles. The van der Waals surface area contributed by atoms with Gasteiger partial charge in [-0.25, -0.2) is 4.98 Å². The van der Waals surface area contributed by atoms with E-state index in [4.69, 9.17) is 11.6 Å². The van der Waals surface area contributed by atoms with E-state index in [0.29, 0.717) is 0 Å². The lowest BCUT2D eigenvalue weighted by Crippen LogP contribution is -1.70. The smallest absolute Gasteiger partial charge is 0.0962 e. The molecule has 1 saturated carbocycles. The number of rotatable bonds is 5. The van der Waals surface area contributed by atoms with Crippen LogP contribution in [0.25, 0.3) is 10.4 Å². The SMILES string of the molecule is CCCCCCl.c1ccc(-c2cnc(C3CC3)s2)cc1. The van der Waals surface area contributed by atoms with Gasteiger partial charge < -0.3 is 0 Å². The van der Waals surface area contributed by atoms with Gasteiger partial charge >= 0.3 is 0 Å². The zero-order valence-corrected chi connectivity index (χ0v) is 13.6. The predicted molar refractivity (Wildman–Crippen MR) is 89.8 cm³/mol. The van der Waals surface area contributed by atoms with Crippen LogP contribution in [0.1, 0.15) is 50.0 Å². The molecular weight excluding hydrogens is 286 g/mol. The van der Waals surface area contributed by atoms with E-state index in [2.05, 4.69) is 36.2 Å². The molecule has 108 valence electrons. The van der Waals surface area contributed by atoms with E-state index in [1.54, 1.807) is 0 Å². The Morgan fingerprint density at radius 2 is 1.95 bits per heavy atom. The molecule has 3 rings (SSSR count). The number of aromatic nitrogens is 1. The number of halogens is 1. The van der Waals surface area contributed by atoms with Crippen molar-refractivity contribution in [3.63, 3.8) is 0 Å². The summed E-state index contributed by atoms with van der Waals surface area (Å²) in [5.74, 6) is 1.60. The summed E-state index contributed by atoms with van der Waals surface area (Å²) in [5.41, 5.74) is 1.29. The lowest BCUT2D eigenvalue weighted by atomic mass is 10.2. The molecule has 0 spiro atoms. The monoisotopic (exact) mass is 307 g/mol. The third-order valence-corrected chi connectivity index (χ3v) is 4.72. The van der Waals surface area contributed by atoms with Gasteiger partial charge in [-0.1, -0.05) is 50.1 Å². The van der Waals surface area contributed by atoms with Gasteiger partial charge in [-0.15, -0.1) is 22.9 Å². The molecule has 0 radical (unpaired) electrons. The summed E-state index contributed by atoms with van der Waals surface area (Å²) in [6.07, 6.45) is 8.41. The quantitative estimate of drug-likeness (QED) is 0.480. The standard InChI is InChI=1S/C12H11NS.C5H11Cl/c1-2-4-9(5-3-1)11-8-13-12(14-11)10-6-7-10;1-2-3-4-5-6/h1-5,8,10H,6-7H2;2-5H2,1H3. The van der Waals surface area contributed by atoms with Crippen molar-refractivity contribution in [2.45, 2.75) is 44.9 Å². The Bertz CT molecular complexity index is 487. The number of benzene rings is 1. The van der Waals surface area contributed by atoms with Gasteiger partial charge in [0.1, 0.15) is 0 Å². The summed E-state index contributed by atoms with van der Waals surface area (Å²) in [6, 6.07) is 10.5. The maximum Gasteiger partial charge on any atom is 0.0962 e. The van der Waals surface area contributed by atoms with Gasteiger partial charge in [0.15, 0.2) is 0 Å². The molecule has 0 bridgehead atoms. The van der Waals surface area contributed by atoms with E-state index in [1.165, 1.54) is 47.6 Å². The molecular formula is C17H22ClNS. The van der Waals surface area contributed by atoms with Crippen molar-refractivity contribution in [2.24, 2.45) is 0 Å². The third kappa shape index (κ3) is 4.92. The maximum absolute atomic E-state index is 5.38. The topological polar surface area (TPSA) is 12.9 Å². The van der Waals surface area contributed by atoms with Crippen molar-refractivity contribution in [2.75, 3.05) is 5.88 Å². The van der Waals surface area contributed by atoms with E-state index >= 15 is 0 Å². The van der Waals surface area contributed by atoms with E-state index in [0.717, 1.165) is 11.8 Å². The minimum absolute atomic E-state index is 0.775. The fourth-order valence-electron chi connectivity index (χ4n) is 1.89. The lowest BCUT2D eigenvalue weighted by Gasteiger charge is -1.93. The Hall–Kier alpha value is -0.860. The number of hydrogen-bond acceptors (Lipinski definition) is 2. The Kier molecular flexibility index (Phi) is 6.55. The second kappa shape index (κ2) is 8.43. The van der Waals surface area contributed by atoms with Crippen molar-refractivity contribution >= 4 is 22.9 Å². The van der Waals surface area contributed by atoms with Crippen molar-refractivity contribution in [3.8, 4) is 10.4 Å². The van der Waals surface area contributed by atoms with Gasteiger partial charge in [-0.05, 0) is 24.8 Å². The van der Waals surface area contributed by atoms with Crippen LogP contribution in [0.5, 0.6) is 0 Å². The van der Waals surface area contributed by atoms with Crippen LogP contribution < -0.4 is 0 Å². The molecule has 20 heavy (non-hydrogen) atoms. The molecule has 0 atom stereocenters. The Labute approximate surface area is 131 Å². The number of unbranched alkanes of at least 4 members (excludes halogenated alkanes) is 2. The van der Waals surface area contributed by atoms with Gasteiger partial charge in [-0.2, -0.15) is 0 Å². The first-order chi connectivity index (χ1) is 9.85. The third-order valence-electron chi connectivity index (χ3n) is 3.25. The van der Waals surface area contributed by atoms with Crippen molar-refractivity contribution in [3.05, 3.63) is 41.5 Å². The van der Waals surface area contributed by atoms with Crippen LogP contribution in [0, 0.1) is 0 Å². The highest BCUT2D eigenvalue weighted by atomic mass is 35.5. The van der Waals surface area contributed by atoms with Gasteiger partial charge in [-0.3, -0.25) is 0 Å². The van der Waals surface area contributed by atoms with Gasteiger partial charge in [0.25, 0.3) is 0 Å². The average molecular weight is 308 g/mol. The first-order valence-electron chi connectivity index (χ1n) is 7.42. The Morgan fingerprint density at radius 1 is 1.20 bits per heavy atom. The summed E-state index contributed by atoms with van der Waals surface area (Å²) in [5, 5.41) is 1.32. The second-order valence-corrected chi connectivity index (χ2v) is 6.54. The first kappa shape index (κ1) is 15.5. The van der Waals surface area contributed by atoms with Crippen LogP contribution in [0.3, 0.4) is 0 Å². The number of thiazole rings is 1. The molecule has 3 heteroatoms. The summed E-state index contributed by atoms with van der Waals surface area (Å²) in [4.78, 5) is 5.77. The second-order valence-electron chi connectivity index (χ2n) is 5.10. The number of hydrogen-bond donors (Lipinski definition) is 0. The van der Waals surface area contributed by atoms with Crippen molar-refractivity contribution in [1.82, 2.24) is 4.98 Å². The Balaban J connectivity index is 0.000000212. The first-order valence-corrected chi connectivity index (χ1v) is 8.77. The normalized spacial score (nSPS) is 13.7. The minimum atomic E-state index is 0.775. The molecule has 0 unspecified atom stereocenters. The zero-order chi connectivity index (χ0) is 14.2. The van der Waals surface area contributed by atoms with Crippen LogP contribution in [0.2, 0.25) is 0 Å². The zero-order valence-electron chi connectivity index (χ0n) is 12.0. The minimum Gasteiger partial charge on any atom is -0.249 e. The number of alkyl halides is 1. The maximum atomic E-state index is 5.38. The Morgan fingerprint density at radius 3 is 2.50 bits per heavy atom. The molecule has 1 aromatic heterocycles. The summed E-state index contributed by atoms with van der Waals surface area (Å²) >= 11 is 7.23. The molecule has 1 heterocycles. The molecule has 1 nitrogen and oxygen atoms in total. The predicted octanol–water partition coefficient (Wildman–Crippen LogP) is 6.10.